The summed E-state index contributed by atoms with van der Waals surface area (Å²) in [5, 5.41) is 6.85. The predicted octanol–water partition coefficient (Wildman–Crippen LogP) is 6.15. The number of anilines is 1. The number of amides is 1. The summed E-state index contributed by atoms with van der Waals surface area (Å²) in [7, 11) is 0. The van der Waals surface area contributed by atoms with Crippen LogP contribution in [0.4, 0.5) is 10.5 Å². The molecule has 5 heteroatoms. The van der Waals surface area contributed by atoms with E-state index < -0.39 is 6.09 Å². The molecule has 1 heterocycles. The molecule has 0 radical (unpaired) electrons. The molecule has 1 fully saturated rings. The second-order valence-corrected chi connectivity index (χ2v) is 7.52. The van der Waals surface area contributed by atoms with Crippen LogP contribution in [0.5, 0.6) is 0 Å². The molecular weight excluding hydrogens is 352 g/mol. The Labute approximate surface area is 164 Å². The normalized spacial score (nSPS) is 13.6. The van der Waals surface area contributed by atoms with Crippen LogP contribution in [0.3, 0.4) is 0 Å². The van der Waals surface area contributed by atoms with Crippen LogP contribution in [0.15, 0.2) is 53.1 Å². The maximum Gasteiger partial charge on any atom is 0.412 e. The number of benzene rings is 2. The van der Waals surface area contributed by atoms with Crippen LogP contribution in [-0.4, -0.2) is 17.4 Å². The maximum atomic E-state index is 12.0. The lowest BCUT2D eigenvalue weighted by atomic mass is 10.00. The Bertz CT molecular complexity index is 968. The van der Waals surface area contributed by atoms with Crippen LogP contribution >= 0.6 is 0 Å². The summed E-state index contributed by atoms with van der Waals surface area (Å²) in [6, 6.07) is 16.9. The molecule has 0 unspecified atom stereocenters. The van der Waals surface area contributed by atoms with Crippen LogP contribution in [-0.2, 0) is 4.74 Å². The fraction of sp³-hybridized carbons (Fsp3) is 0.304. The molecule has 0 aliphatic heterocycles. The van der Waals surface area contributed by atoms with Crippen LogP contribution in [0.2, 0.25) is 0 Å². The third-order valence-corrected chi connectivity index (χ3v) is 4.88. The smallest absolute Gasteiger partial charge is 0.412 e. The molecule has 1 N–H and O–H groups in total. The van der Waals surface area contributed by atoms with Gasteiger partial charge in [-0.15, -0.1) is 0 Å². The van der Waals surface area contributed by atoms with E-state index in [0.717, 1.165) is 17.0 Å². The van der Waals surface area contributed by atoms with Gasteiger partial charge in [-0.2, -0.15) is 0 Å². The molecule has 1 aliphatic rings. The number of rotatable bonds is 5. The highest BCUT2D eigenvalue weighted by Gasteiger charge is 2.23. The summed E-state index contributed by atoms with van der Waals surface area (Å²) in [6.45, 7) is 5.37. The molecule has 144 valence electrons. The second kappa shape index (κ2) is 7.50. The Morgan fingerprint density at radius 1 is 1.04 bits per heavy atom. The third kappa shape index (κ3) is 3.93. The van der Waals surface area contributed by atoms with E-state index in [1.807, 2.05) is 12.1 Å². The molecule has 5 nitrogen and oxygen atoms in total. The molecule has 1 amide bonds. The van der Waals surface area contributed by atoms with Gasteiger partial charge in [0.05, 0.1) is 6.10 Å². The Balaban J connectivity index is 1.54. The molecular formula is C23H24N2O3. The molecule has 0 bridgehead atoms. The number of aryl methyl sites for hydroxylation is 1. The van der Waals surface area contributed by atoms with E-state index in [4.69, 9.17) is 9.26 Å². The van der Waals surface area contributed by atoms with Crippen LogP contribution in [0, 0.1) is 6.92 Å². The van der Waals surface area contributed by atoms with Gasteiger partial charge in [0, 0.05) is 5.56 Å². The summed E-state index contributed by atoms with van der Waals surface area (Å²) >= 11 is 0. The minimum absolute atomic E-state index is 0.200. The molecule has 4 rings (SSSR count). The number of hydrogen-bond acceptors (Lipinski definition) is 4. The zero-order valence-corrected chi connectivity index (χ0v) is 16.4. The highest BCUT2D eigenvalue weighted by atomic mass is 16.6. The quantitative estimate of drug-likeness (QED) is 0.580. The summed E-state index contributed by atoms with van der Waals surface area (Å²) in [4.78, 5) is 12.0. The Hall–Kier alpha value is -3.08. The van der Waals surface area contributed by atoms with Gasteiger partial charge in [0.1, 0.15) is 11.4 Å². The summed E-state index contributed by atoms with van der Waals surface area (Å²) < 4.78 is 10.4. The van der Waals surface area contributed by atoms with E-state index in [1.54, 1.807) is 20.8 Å². The van der Waals surface area contributed by atoms with Gasteiger partial charge in [0.25, 0.3) is 0 Å². The first kappa shape index (κ1) is 18.3. The molecule has 1 saturated carbocycles. The van der Waals surface area contributed by atoms with Gasteiger partial charge in [-0.3, -0.25) is 5.32 Å². The Kier molecular flexibility index (Phi) is 4.90. The number of aromatic nitrogens is 1. The molecule has 0 saturated heterocycles. The lowest BCUT2D eigenvalue weighted by Gasteiger charge is -2.10. The fourth-order valence-electron chi connectivity index (χ4n) is 3.25. The van der Waals surface area contributed by atoms with Crippen LogP contribution in [0.1, 0.15) is 43.9 Å². The molecule has 3 aromatic rings. The van der Waals surface area contributed by atoms with E-state index in [1.165, 1.54) is 24.0 Å². The van der Waals surface area contributed by atoms with Crippen molar-refractivity contribution in [2.24, 2.45) is 0 Å². The van der Waals surface area contributed by atoms with E-state index in [-0.39, 0.29) is 6.10 Å². The minimum Gasteiger partial charge on any atom is -0.447 e. The van der Waals surface area contributed by atoms with Gasteiger partial charge in [0.15, 0.2) is 5.76 Å². The molecule has 1 aliphatic carbocycles. The van der Waals surface area contributed by atoms with Crippen LogP contribution < -0.4 is 5.32 Å². The minimum atomic E-state index is -0.519. The van der Waals surface area contributed by atoms with Crippen molar-refractivity contribution in [2.45, 2.75) is 45.6 Å². The molecule has 28 heavy (non-hydrogen) atoms. The van der Waals surface area contributed by atoms with Gasteiger partial charge in [-0.05, 0) is 56.2 Å². The first-order valence-electron chi connectivity index (χ1n) is 9.66. The van der Waals surface area contributed by atoms with E-state index >= 15 is 0 Å². The average Bonchev–Trinajstić information content (AvgIpc) is 3.47. The monoisotopic (exact) mass is 376 g/mol. The number of nitrogens with zero attached hydrogens (tertiary/aromatic N) is 1. The number of nitrogens with one attached hydrogen (secondary N) is 1. The fourth-order valence-corrected chi connectivity index (χ4v) is 3.25. The molecule has 1 aromatic heterocycles. The van der Waals surface area contributed by atoms with Crippen molar-refractivity contribution >= 4 is 11.8 Å². The summed E-state index contributed by atoms with van der Waals surface area (Å²) in [5.74, 6) is 1.30. The molecule has 0 atom stereocenters. The number of ether oxygens (including phenoxy) is 1. The average molecular weight is 376 g/mol. The first-order valence-corrected chi connectivity index (χ1v) is 9.66. The van der Waals surface area contributed by atoms with Crippen molar-refractivity contribution in [3.8, 4) is 22.4 Å². The van der Waals surface area contributed by atoms with Crippen molar-refractivity contribution in [3.05, 3.63) is 59.9 Å². The Morgan fingerprint density at radius 2 is 1.61 bits per heavy atom. The maximum absolute atomic E-state index is 12.0. The zero-order chi connectivity index (χ0) is 19.7. The van der Waals surface area contributed by atoms with Crippen LogP contribution in [0.25, 0.3) is 22.4 Å². The van der Waals surface area contributed by atoms with E-state index in [9.17, 15) is 4.79 Å². The SMILES string of the molecule is Cc1onc(-c2ccc(-c3ccc(C4CC4)cc3)cc2)c1NC(=O)OC(C)C. The van der Waals surface area contributed by atoms with Crippen molar-refractivity contribution in [3.63, 3.8) is 0 Å². The second-order valence-electron chi connectivity index (χ2n) is 7.52. The topological polar surface area (TPSA) is 64.4 Å². The summed E-state index contributed by atoms with van der Waals surface area (Å²) in [6.07, 6.45) is 1.91. The van der Waals surface area contributed by atoms with Gasteiger partial charge in [-0.25, -0.2) is 4.79 Å². The standard InChI is InChI=1S/C23H24N2O3/c1-14(2)27-23(26)24-21-15(3)28-25-22(21)20-12-10-19(11-13-20)18-8-6-17(7-9-18)16-4-5-16/h6-14,16H,4-5H2,1-3H3,(H,24,26). The van der Waals surface area contributed by atoms with E-state index in [2.05, 4.69) is 46.9 Å². The van der Waals surface area contributed by atoms with Crippen molar-refractivity contribution in [1.82, 2.24) is 5.16 Å². The Morgan fingerprint density at radius 3 is 2.18 bits per heavy atom. The molecule has 0 spiro atoms. The summed E-state index contributed by atoms with van der Waals surface area (Å²) in [5.41, 5.74) is 5.75. The molecule has 2 aromatic carbocycles. The zero-order valence-electron chi connectivity index (χ0n) is 16.4. The van der Waals surface area contributed by atoms with E-state index in [0.29, 0.717) is 17.1 Å². The number of hydrogen-bond donors (Lipinski definition) is 1. The number of carbonyl (C=O) groups excluding carboxylic acids is 1. The lowest BCUT2D eigenvalue weighted by Crippen LogP contribution is -2.18. The first-order chi connectivity index (χ1) is 13.5. The van der Waals surface area contributed by atoms with Crippen molar-refractivity contribution in [1.29, 1.82) is 0 Å². The van der Waals surface area contributed by atoms with Gasteiger partial charge in [0.2, 0.25) is 0 Å². The highest BCUT2D eigenvalue weighted by molar-refractivity contribution is 5.91. The largest absolute Gasteiger partial charge is 0.447 e. The van der Waals surface area contributed by atoms with Gasteiger partial charge < -0.3 is 9.26 Å². The highest BCUT2D eigenvalue weighted by Crippen LogP contribution is 2.40. The third-order valence-electron chi connectivity index (χ3n) is 4.88. The predicted molar refractivity (Wildman–Crippen MR) is 109 cm³/mol. The van der Waals surface area contributed by atoms with Gasteiger partial charge in [-0.1, -0.05) is 53.7 Å². The van der Waals surface area contributed by atoms with Gasteiger partial charge >= 0.3 is 6.09 Å². The van der Waals surface area contributed by atoms with Crippen molar-refractivity contribution < 1.29 is 14.1 Å². The lowest BCUT2D eigenvalue weighted by molar-refractivity contribution is 0.130. The number of carbonyl (C=O) groups is 1. The van der Waals surface area contributed by atoms with Crippen molar-refractivity contribution in [2.75, 3.05) is 5.32 Å².